The molecular weight excluding hydrogens is 390 g/mol. The molecule has 0 amide bonds. The number of hydrogen-bond acceptors (Lipinski definition) is 5. The third kappa shape index (κ3) is 5.44. The molecule has 0 saturated carbocycles. The minimum absolute atomic E-state index is 0.0746. The minimum Gasteiger partial charge on any atom is -0.493 e. The largest absolute Gasteiger partial charge is 0.493 e. The Kier molecular flexibility index (Phi) is 7.68. The SMILES string of the molecule is CCOC(=O)c1cccc(C(N[C@H](C)c2ccccc2)c2ccc(OC)c(OC)c2)c1. The van der Waals surface area contributed by atoms with E-state index in [9.17, 15) is 4.79 Å². The third-order valence-corrected chi connectivity index (χ3v) is 5.19. The molecule has 162 valence electrons. The van der Waals surface area contributed by atoms with E-state index in [2.05, 4.69) is 24.4 Å². The van der Waals surface area contributed by atoms with E-state index >= 15 is 0 Å². The van der Waals surface area contributed by atoms with Gasteiger partial charge in [-0.05, 0) is 54.8 Å². The van der Waals surface area contributed by atoms with Crippen molar-refractivity contribution in [3.8, 4) is 11.5 Å². The van der Waals surface area contributed by atoms with Crippen LogP contribution in [0.25, 0.3) is 0 Å². The van der Waals surface area contributed by atoms with Crippen LogP contribution in [0.15, 0.2) is 72.8 Å². The molecule has 1 N–H and O–H groups in total. The topological polar surface area (TPSA) is 56.8 Å². The van der Waals surface area contributed by atoms with Gasteiger partial charge in [-0.15, -0.1) is 0 Å². The molecule has 3 aromatic rings. The van der Waals surface area contributed by atoms with E-state index in [-0.39, 0.29) is 18.1 Å². The Morgan fingerprint density at radius 2 is 1.52 bits per heavy atom. The fraction of sp³-hybridized carbons (Fsp3) is 0.269. The second kappa shape index (κ2) is 10.6. The van der Waals surface area contributed by atoms with Crippen molar-refractivity contribution >= 4 is 5.97 Å². The van der Waals surface area contributed by atoms with Gasteiger partial charge in [-0.1, -0.05) is 48.5 Å². The standard InChI is InChI=1S/C26H29NO4/c1-5-31-26(28)22-13-9-12-20(16-22)25(27-18(2)19-10-7-6-8-11-19)21-14-15-23(29-3)24(17-21)30-4/h6-18,25,27H,5H2,1-4H3/t18-,25?/m1/s1. The molecule has 3 aromatic carbocycles. The molecule has 5 nitrogen and oxygen atoms in total. The maximum absolute atomic E-state index is 12.3. The van der Waals surface area contributed by atoms with Gasteiger partial charge in [-0.2, -0.15) is 0 Å². The van der Waals surface area contributed by atoms with Gasteiger partial charge in [0.2, 0.25) is 0 Å². The number of carbonyl (C=O) groups excluding carboxylic acids is 1. The Bertz CT molecular complexity index is 1000. The van der Waals surface area contributed by atoms with Crippen molar-refractivity contribution in [2.45, 2.75) is 25.9 Å². The van der Waals surface area contributed by atoms with Crippen LogP contribution in [0.3, 0.4) is 0 Å². The van der Waals surface area contributed by atoms with Crippen LogP contribution in [0, 0.1) is 0 Å². The number of rotatable bonds is 9. The van der Waals surface area contributed by atoms with Crippen molar-refractivity contribution in [1.82, 2.24) is 5.32 Å². The molecule has 2 atom stereocenters. The predicted octanol–water partition coefficient (Wildman–Crippen LogP) is 5.32. The van der Waals surface area contributed by atoms with Crippen LogP contribution in [0.4, 0.5) is 0 Å². The van der Waals surface area contributed by atoms with Crippen LogP contribution >= 0.6 is 0 Å². The lowest BCUT2D eigenvalue weighted by Gasteiger charge is -2.26. The average molecular weight is 420 g/mol. The number of carbonyl (C=O) groups is 1. The van der Waals surface area contributed by atoms with E-state index in [4.69, 9.17) is 14.2 Å². The van der Waals surface area contributed by atoms with Gasteiger partial charge in [0.25, 0.3) is 0 Å². The Morgan fingerprint density at radius 3 is 2.19 bits per heavy atom. The zero-order valence-electron chi connectivity index (χ0n) is 18.4. The van der Waals surface area contributed by atoms with Gasteiger partial charge in [0.1, 0.15) is 0 Å². The van der Waals surface area contributed by atoms with Crippen molar-refractivity contribution in [2.24, 2.45) is 0 Å². The second-order valence-corrected chi connectivity index (χ2v) is 7.19. The van der Waals surface area contributed by atoms with E-state index in [1.165, 1.54) is 5.56 Å². The molecule has 0 fully saturated rings. The van der Waals surface area contributed by atoms with Gasteiger partial charge in [-0.25, -0.2) is 4.79 Å². The van der Waals surface area contributed by atoms with Gasteiger partial charge in [-0.3, -0.25) is 5.32 Å². The molecule has 0 spiro atoms. The molecule has 0 aliphatic heterocycles. The highest BCUT2D eigenvalue weighted by Crippen LogP contribution is 2.34. The van der Waals surface area contributed by atoms with Gasteiger partial charge in [0.05, 0.1) is 32.4 Å². The van der Waals surface area contributed by atoms with E-state index in [1.54, 1.807) is 27.2 Å². The molecule has 3 rings (SSSR count). The Hall–Kier alpha value is -3.31. The quantitative estimate of drug-likeness (QED) is 0.476. The first-order valence-corrected chi connectivity index (χ1v) is 10.4. The second-order valence-electron chi connectivity index (χ2n) is 7.19. The van der Waals surface area contributed by atoms with E-state index < -0.39 is 0 Å². The van der Waals surface area contributed by atoms with Crippen LogP contribution in [0.1, 0.15) is 53.0 Å². The monoisotopic (exact) mass is 419 g/mol. The fourth-order valence-corrected chi connectivity index (χ4v) is 3.56. The number of nitrogens with one attached hydrogen (secondary N) is 1. The maximum atomic E-state index is 12.3. The highest BCUT2D eigenvalue weighted by Gasteiger charge is 2.21. The normalized spacial score (nSPS) is 12.6. The van der Waals surface area contributed by atoms with Gasteiger partial charge < -0.3 is 14.2 Å². The van der Waals surface area contributed by atoms with Gasteiger partial charge >= 0.3 is 5.97 Å². The van der Waals surface area contributed by atoms with E-state index in [0.717, 1.165) is 11.1 Å². The molecule has 31 heavy (non-hydrogen) atoms. The lowest BCUT2D eigenvalue weighted by atomic mass is 9.95. The first kappa shape index (κ1) is 22.4. The molecule has 0 heterocycles. The van der Waals surface area contributed by atoms with Crippen LogP contribution < -0.4 is 14.8 Å². The summed E-state index contributed by atoms with van der Waals surface area (Å²) in [6.07, 6.45) is 0. The molecule has 0 bridgehead atoms. The summed E-state index contributed by atoms with van der Waals surface area (Å²) in [6.45, 7) is 4.26. The summed E-state index contributed by atoms with van der Waals surface area (Å²) in [5.74, 6) is 0.994. The molecule has 5 heteroatoms. The van der Waals surface area contributed by atoms with Crippen molar-refractivity contribution in [2.75, 3.05) is 20.8 Å². The first-order chi connectivity index (χ1) is 15.1. The number of hydrogen-bond donors (Lipinski definition) is 1. The maximum Gasteiger partial charge on any atom is 0.338 e. The molecule has 0 radical (unpaired) electrons. The van der Waals surface area contributed by atoms with Crippen molar-refractivity contribution < 1.29 is 19.0 Å². The number of ether oxygens (including phenoxy) is 3. The molecular formula is C26H29NO4. The van der Waals surface area contributed by atoms with Crippen molar-refractivity contribution in [1.29, 1.82) is 0 Å². The first-order valence-electron chi connectivity index (χ1n) is 10.4. The smallest absolute Gasteiger partial charge is 0.338 e. The summed E-state index contributed by atoms with van der Waals surface area (Å²) in [5, 5.41) is 3.70. The number of benzene rings is 3. The lowest BCUT2D eigenvalue weighted by molar-refractivity contribution is 0.0526. The Labute approximate surface area is 184 Å². The minimum atomic E-state index is -0.327. The van der Waals surface area contributed by atoms with E-state index in [0.29, 0.717) is 23.7 Å². The summed E-state index contributed by atoms with van der Waals surface area (Å²) in [5.41, 5.74) is 3.66. The highest BCUT2D eigenvalue weighted by molar-refractivity contribution is 5.89. The zero-order chi connectivity index (χ0) is 22.2. The van der Waals surface area contributed by atoms with Crippen molar-refractivity contribution in [3.63, 3.8) is 0 Å². The third-order valence-electron chi connectivity index (χ3n) is 5.19. The van der Waals surface area contributed by atoms with Gasteiger partial charge in [0, 0.05) is 6.04 Å². The fourth-order valence-electron chi connectivity index (χ4n) is 3.56. The predicted molar refractivity (Wildman–Crippen MR) is 122 cm³/mol. The zero-order valence-corrected chi connectivity index (χ0v) is 18.4. The molecule has 0 aromatic heterocycles. The summed E-state index contributed by atoms with van der Waals surface area (Å²) in [7, 11) is 3.24. The summed E-state index contributed by atoms with van der Waals surface area (Å²) in [4.78, 5) is 12.3. The summed E-state index contributed by atoms with van der Waals surface area (Å²) in [6, 6.07) is 23.6. The summed E-state index contributed by atoms with van der Waals surface area (Å²) < 4.78 is 16.1. The number of methoxy groups -OCH3 is 2. The average Bonchev–Trinajstić information content (AvgIpc) is 2.82. The van der Waals surface area contributed by atoms with Crippen LogP contribution in [-0.4, -0.2) is 26.8 Å². The Balaban J connectivity index is 2.02. The van der Waals surface area contributed by atoms with Crippen molar-refractivity contribution in [3.05, 3.63) is 95.1 Å². The lowest BCUT2D eigenvalue weighted by Crippen LogP contribution is -2.26. The number of esters is 1. The van der Waals surface area contributed by atoms with Gasteiger partial charge in [0.15, 0.2) is 11.5 Å². The molecule has 0 aliphatic rings. The Morgan fingerprint density at radius 1 is 0.839 bits per heavy atom. The molecule has 1 unspecified atom stereocenters. The summed E-state index contributed by atoms with van der Waals surface area (Å²) >= 11 is 0. The highest BCUT2D eigenvalue weighted by atomic mass is 16.5. The van der Waals surface area contributed by atoms with Crippen LogP contribution in [0.2, 0.25) is 0 Å². The molecule has 0 aliphatic carbocycles. The van der Waals surface area contributed by atoms with Crippen LogP contribution in [-0.2, 0) is 4.74 Å². The molecule has 0 saturated heterocycles. The van der Waals surface area contributed by atoms with E-state index in [1.807, 2.05) is 54.6 Å². The van der Waals surface area contributed by atoms with Crippen LogP contribution in [0.5, 0.6) is 11.5 Å².